The Hall–Kier alpha value is -2.98. The molecule has 0 radical (unpaired) electrons. The van der Waals surface area contributed by atoms with Crippen molar-refractivity contribution in [2.24, 2.45) is 0 Å². The van der Waals surface area contributed by atoms with E-state index in [0.29, 0.717) is 13.0 Å². The molecular formula is C24H27FN2O6S. The number of hydrogen-bond donors (Lipinski definition) is 2. The van der Waals surface area contributed by atoms with Crippen LogP contribution in [0.4, 0.5) is 9.18 Å². The predicted molar refractivity (Wildman–Crippen MR) is 123 cm³/mol. The van der Waals surface area contributed by atoms with Crippen LogP contribution < -0.4 is 5.32 Å². The molecule has 8 nitrogen and oxygen atoms in total. The molecule has 2 aromatic rings. The number of halogens is 1. The second-order valence-corrected chi connectivity index (χ2v) is 11.0. The van der Waals surface area contributed by atoms with Crippen LogP contribution in [0.15, 0.2) is 48.5 Å². The van der Waals surface area contributed by atoms with Crippen molar-refractivity contribution in [1.82, 2.24) is 10.2 Å². The number of carbonyl (C=O) groups excluding carboxylic acids is 1. The Labute approximate surface area is 197 Å². The highest BCUT2D eigenvalue weighted by molar-refractivity contribution is 7.92. The summed E-state index contributed by atoms with van der Waals surface area (Å²) in [5.74, 6) is -0.895. The van der Waals surface area contributed by atoms with Crippen LogP contribution in [-0.4, -0.2) is 66.7 Å². The maximum absolute atomic E-state index is 13.7. The van der Waals surface area contributed by atoms with Gasteiger partial charge in [0.2, 0.25) is 0 Å². The number of hydrogen-bond acceptors (Lipinski definition) is 5. The van der Waals surface area contributed by atoms with Gasteiger partial charge in [0.1, 0.15) is 17.2 Å². The summed E-state index contributed by atoms with van der Waals surface area (Å²) >= 11 is 0. The second kappa shape index (κ2) is 9.71. The monoisotopic (exact) mass is 490 g/mol. The summed E-state index contributed by atoms with van der Waals surface area (Å²) in [5, 5.41) is 10.5. The lowest BCUT2D eigenvalue weighted by molar-refractivity contribution is -0.149. The van der Waals surface area contributed by atoms with Crippen molar-refractivity contribution in [2.45, 2.75) is 43.2 Å². The summed E-state index contributed by atoms with van der Waals surface area (Å²) in [6, 6.07) is 12.3. The Morgan fingerprint density at radius 3 is 2.56 bits per heavy atom. The lowest BCUT2D eigenvalue weighted by Gasteiger charge is -2.42. The molecule has 2 heterocycles. The molecule has 0 saturated carbocycles. The number of carboxylic acid groups (broad SMARTS) is 1. The molecule has 0 spiro atoms. The van der Waals surface area contributed by atoms with E-state index in [2.05, 4.69) is 5.32 Å². The first-order valence-electron chi connectivity index (χ1n) is 11.2. The van der Waals surface area contributed by atoms with E-state index in [1.807, 2.05) is 24.3 Å². The lowest BCUT2D eigenvalue weighted by Crippen LogP contribution is -2.58. The SMILES string of the molecule is CCS(=O)(=O)[C@H]1CO[C@@H](C(=O)N2CCc3ccccc3[C@@H]2c2ccc(F)cc2)C[C@@H]1NC(=O)O. The van der Waals surface area contributed by atoms with E-state index < -0.39 is 39.4 Å². The van der Waals surface area contributed by atoms with Gasteiger partial charge in [-0.25, -0.2) is 17.6 Å². The molecule has 2 amide bonds. The average Bonchev–Trinajstić information content (AvgIpc) is 2.83. The summed E-state index contributed by atoms with van der Waals surface area (Å²) in [6.07, 6.45) is -1.84. The zero-order valence-electron chi connectivity index (χ0n) is 18.7. The molecular weight excluding hydrogens is 463 g/mol. The van der Waals surface area contributed by atoms with E-state index in [4.69, 9.17) is 4.74 Å². The topological polar surface area (TPSA) is 113 Å². The van der Waals surface area contributed by atoms with Crippen LogP contribution in [0.3, 0.4) is 0 Å². The summed E-state index contributed by atoms with van der Waals surface area (Å²) in [7, 11) is -3.60. The molecule has 34 heavy (non-hydrogen) atoms. The largest absolute Gasteiger partial charge is 0.465 e. The molecule has 10 heteroatoms. The lowest BCUT2D eigenvalue weighted by atomic mass is 9.87. The zero-order chi connectivity index (χ0) is 24.5. The Kier molecular flexibility index (Phi) is 6.90. The van der Waals surface area contributed by atoms with Crippen molar-refractivity contribution < 1.29 is 32.2 Å². The molecule has 2 N–H and O–H groups in total. The highest BCUT2D eigenvalue weighted by Crippen LogP contribution is 2.36. The van der Waals surface area contributed by atoms with Crippen LogP contribution in [0, 0.1) is 5.82 Å². The Morgan fingerprint density at radius 2 is 1.88 bits per heavy atom. The number of amides is 2. The number of nitrogens with zero attached hydrogens (tertiary/aromatic N) is 1. The van der Waals surface area contributed by atoms with Gasteiger partial charge in [-0.1, -0.05) is 43.3 Å². The summed E-state index contributed by atoms with van der Waals surface area (Å²) in [6.45, 7) is 1.61. The number of sulfone groups is 1. The summed E-state index contributed by atoms with van der Waals surface area (Å²) in [5.41, 5.74) is 2.76. The van der Waals surface area contributed by atoms with Crippen LogP contribution in [0.2, 0.25) is 0 Å². The Balaban J connectivity index is 1.64. The van der Waals surface area contributed by atoms with Crippen LogP contribution in [-0.2, 0) is 25.8 Å². The zero-order valence-corrected chi connectivity index (χ0v) is 19.5. The second-order valence-electron chi connectivity index (χ2n) is 8.54. The van der Waals surface area contributed by atoms with Crippen LogP contribution in [0.5, 0.6) is 0 Å². The van der Waals surface area contributed by atoms with Gasteiger partial charge in [-0.05, 0) is 35.2 Å². The van der Waals surface area contributed by atoms with Crippen molar-refractivity contribution in [3.05, 3.63) is 71.0 Å². The molecule has 0 aliphatic carbocycles. The van der Waals surface area contributed by atoms with E-state index in [1.165, 1.54) is 19.1 Å². The van der Waals surface area contributed by atoms with Gasteiger partial charge in [0.15, 0.2) is 9.84 Å². The van der Waals surface area contributed by atoms with E-state index >= 15 is 0 Å². The van der Waals surface area contributed by atoms with Gasteiger partial charge in [-0.2, -0.15) is 0 Å². The quantitative estimate of drug-likeness (QED) is 0.666. The fourth-order valence-corrected chi connectivity index (χ4v) is 6.22. The van der Waals surface area contributed by atoms with Gasteiger partial charge in [0, 0.05) is 18.7 Å². The van der Waals surface area contributed by atoms with Crippen molar-refractivity contribution in [1.29, 1.82) is 0 Å². The number of fused-ring (bicyclic) bond motifs is 1. The summed E-state index contributed by atoms with van der Waals surface area (Å²) < 4.78 is 44.3. The molecule has 2 aromatic carbocycles. The third kappa shape index (κ3) is 4.78. The molecule has 2 aliphatic rings. The smallest absolute Gasteiger partial charge is 0.404 e. The molecule has 4 atom stereocenters. The molecule has 0 aromatic heterocycles. The maximum Gasteiger partial charge on any atom is 0.404 e. The first-order chi connectivity index (χ1) is 16.2. The van der Waals surface area contributed by atoms with E-state index in [1.54, 1.807) is 17.0 Å². The number of benzene rings is 2. The van der Waals surface area contributed by atoms with Crippen molar-refractivity contribution in [3.63, 3.8) is 0 Å². The Morgan fingerprint density at radius 1 is 1.18 bits per heavy atom. The van der Waals surface area contributed by atoms with Crippen LogP contribution >= 0.6 is 0 Å². The van der Waals surface area contributed by atoms with Gasteiger partial charge in [-0.15, -0.1) is 0 Å². The fourth-order valence-electron chi connectivity index (χ4n) is 4.82. The molecule has 1 saturated heterocycles. The number of rotatable bonds is 5. The first-order valence-corrected chi connectivity index (χ1v) is 12.9. The van der Waals surface area contributed by atoms with Gasteiger partial charge >= 0.3 is 6.09 Å². The van der Waals surface area contributed by atoms with Crippen LogP contribution in [0.25, 0.3) is 0 Å². The minimum Gasteiger partial charge on any atom is -0.465 e. The van der Waals surface area contributed by atoms with Gasteiger partial charge in [0.25, 0.3) is 5.91 Å². The minimum absolute atomic E-state index is 0.0939. The number of nitrogens with one attached hydrogen (secondary N) is 1. The summed E-state index contributed by atoms with van der Waals surface area (Å²) in [4.78, 5) is 26.7. The molecule has 0 unspecified atom stereocenters. The number of carbonyl (C=O) groups is 2. The molecule has 0 bridgehead atoms. The third-order valence-corrected chi connectivity index (χ3v) is 8.77. The van der Waals surface area contributed by atoms with Crippen molar-refractivity contribution in [2.75, 3.05) is 18.9 Å². The maximum atomic E-state index is 13.7. The average molecular weight is 491 g/mol. The highest BCUT2D eigenvalue weighted by Gasteiger charge is 2.44. The van der Waals surface area contributed by atoms with Crippen LogP contribution in [0.1, 0.15) is 36.1 Å². The predicted octanol–water partition coefficient (Wildman–Crippen LogP) is 2.53. The first kappa shape index (κ1) is 24.2. The van der Waals surface area contributed by atoms with Gasteiger partial charge in [0.05, 0.1) is 18.7 Å². The van der Waals surface area contributed by atoms with E-state index in [-0.39, 0.29) is 30.5 Å². The fraction of sp³-hybridized carbons (Fsp3) is 0.417. The van der Waals surface area contributed by atoms with Crippen molar-refractivity contribution >= 4 is 21.8 Å². The normalized spacial score (nSPS) is 24.8. The van der Waals surface area contributed by atoms with E-state index in [0.717, 1.165) is 16.7 Å². The molecule has 2 aliphatic heterocycles. The van der Waals surface area contributed by atoms with Gasteiger partial charge < -0.3 is 20.1 Å². The standard InChI is InChI=1S/C24H27FN2O6S/c1-2-34(31,32)21-14-33-20(13-19(21)26-24(29)30)23(28)27-12-11-15-5-3-4-6-18(15)22(27)16-7-9-17(25)10-8-16/h3-10,19-22,26H,2,11-14H2,1H3,(H,29,30)/t19-,20+,21-,22-/m0/s1. The molecule has 4 rings (SSSR count). The van der Waals surface area contributed by atoms with E-state index in [9.17, 15) is 27.5 Å². The molecule has 182 valence electrons. The number of ether oxygens (including phenoxy) is 1. The van der Waals surface area contributed by atoms with Gasteiger partial charge in [-0.3, -0.25) is 4.79 Å². The van der Waals surface area contributed by atoms with Crippen molar-refractivity contribution in [3.8, 4) is 0 Å². The third-order valence-electron chi connectivity index (χ3n) is 6.58. The highest BCUT2D eigenvalue weighted by atomic mass is 32.2. The molecule has 1 fully saturated rings. The minimum atomic E-state index is -3.60. The Bertz CT molecular complexity index is 1170.